The summed E-state index contributed by atoms with van der Waals surface area (Å²) in [6.07, 6.45) is 1.87. The number of aromatic nitrogens is 2. The van der Waals surface area contributed by atoms with Crippen LogP contribution in [0.2, 0.25) is 0 Å². The van der Waals surface area contributed by atoms with Crippen LogP contribution in [0.15, 0.2) is 170 Å². The maximum Gasteiger partial charge on any atom is 0.0787 e. The summed E-state index contributed by atoms with van der Waals surface area (Å²) in [6, 6.07) is 58.4. The fourth-order valence-corrected chi connectivity index (χ4v) is 7.04. The van der Waals surface area contributed by atoms with Crippen LogP contribution < -0.4 is 0 Å². The van der Waals surface area contributed by atoms with Gasteiger partial charge in [0.05, 0.1) is 16.9 Å². The molecule has 2 nitrogen and oxygen atoms in total. The number of fused-ring (bicyclic) bond motifs is 5. The van der Waals surface area contributed by atoms with Gasteiger partial charge in [-0.2, -0.15) is 0 Å². The molecule has 0 bridgehead atoms. The van der Waals surface area contributed by atoms with Crippen LogP contribution in [0.25, 0.3) is 88.0 Å². The van der Waals surface area contributed by atoms with Crippen molar-refractivity contribution < 1.29 is 0 Å². The zero-order valence-electron chi connectivity index (χ0n) is 25.1. The largest absolute Gasteiger partial charge is 0.256 e. The average molecular weight is 585 g/mol. The van der Waals surface area contributed by atoms with Gasteiger partial charge in [-0.25, -0.2) is 4.98 Å². The highest BCUT2D eigenvalue weighted by Crippen LogP contribution is 2.44. The van der Waals surface area contributed by atoms with Crippen LogP contribution in [-0.2, 0) is 0 Å². The zero-order chi connectivity index (χ0) is 30.5. The van der Waals surface area contributed by atoms with E-state index in [0.29, 0.717) is 0 Å². The molecule has 0 saturated carbocycles. The molecule has 0 unspecified atom stereocenters. The lowest BCUT2D eigenvalue weighted by Crippen LogP contribution is -1.93. The van der Waals surface area contributed by atoms with Crippen molar-refractivity contribution >= 4 is 43.2 Å². The summed E-state index contributed by atoms with van der Waals surface area (Å²) in [4.78, 5) is 10.1. The molecule has 2 heterocycles. The second kappa shape index (κ2) is 10.8. The fraction of sp³-hybridized carbons (Fsp3) is 0. The first-order valence-electron chi connectivity index (χ1n) is 15.7. The minimum atomic E-state index is 0.938. The van der Waals surface area contributed by atoms with Crippen molar-refractivity contribution in [3.63, 3.8) is 0 Å². The maximum atomic E-state index is 5.29. The van der Waals surface area contributed by atoms with Crippen molar-refractivity contribution in [3.8, 4) is 44.8 Å². The van der Waals surface area contributed by atoms with Crippen LogP contribution in [0.4, 0.5) is 0 Å². The van der Waals surface area contributed by atoms with Gasteiger partial charge >= 0.3 is 0 Å². The molecule has 9 rings (SSSR count). The summed E-state index contributed by atoms with van der Waals surface area (Å²) in [7, 11) is 0. The zero-order valence-corrected chi connectivity index (χ0v) is 25.1. The summed E-state index contributed by atoms with van der Waals surface area (Å²) in [5.74, 6) is 0. The molecular weight excluding hydrogens is 556 g/mol. The molecule has 0 saturated heterocycles. The van der Waals surface area contributed by atoms with E-state index >= 15 is 0 Å². The predicted molar refractivity (Wildman–Crippen MR) is 194 cm³/mol. The number of hydrogen-bond acceptors (Lipinski definition) is 2. The number of benzene rings is 7. The van der Waals surface area contributed by atoms with Gasteiger partial charge in [-0.05, 0) is 73.5 Å². The molecular formula is C44H28N2. The van der Waals surface area contributed by atoms with Gasteiger partial charge in [0.2, 0.25) is 0 Å². The third kappa shape index (κ3) is 4.27. The predicted octanol–water partition coefficient (Wildman–Crippen LogP) is 11.8. The number of rotatable bonds is 4. The molecule has 46 heavy (non-hydrogen) atoms. The molecule has 0 N–H and O–H groups in total. The van der Waals surface area contributed by atoms with Gasteiger partial charge in [-0.3, -0.25) is 4.98 Å². The standard InChI is InChI=1S/C44H28N2/c1-3-12-29(13-4-1)41-34-18-7-8-19-35(34)42(30-14-5-2-6-15-30)38-28-33(25-26-36(38)41)39-21-10-22-40(46-39)37-20-9-16-31-23-24-32-17-11-27-45-44(32)43(31)37/h1-28H. The Hall–Kier alpha value is -6.12. The molecule has 0 aliphatic carbocycles. The van der Waals surface area contributed by atoms with Crippen LogP contribution in [0.1, 0.15) is 0 Å². The highest BCUT2D eigenvalue weighted by molar-refractivity contribution is 6.22. The van der Waals surface area contributed by atoms with Crippen molar-refractivity contribution in [3.05, 3.63) is 170 Å². The minimum Gasteiger partial charge on any atom is -0.256 e. The topological polar surface area (TPSA) is 25.8 Å². The summed E-state index contributed by atoms with van der Waals surface area (Å²) < 4.78 is 0. The van der Waals surface area contributed by atoms with E-state index in [1.807, 2.05) is 12.3 Å². The third-order valence-electron chi connectivity index (χ3n) is 9.08. The van der Waals surface area contributed by atoms with Crippen LogP contribution in [-0.4, -0.2) is 9.97 Å². The fourth-order valence-electron chi connectivity index (χ4n) is 7.04. The van der Waals surface area contributed by atoms with Crippen molar-refractivity contribution in [1.29, 1.82) is 0 Å². The number of pyridine rings is 2. The number of nitrogens with zero attached hydrogens (tertiary/aromatic N) is 2. The number of hydrogen-bond donors (Lipinski definition) is 0. The van der Waals surface area contributed by atoms with E-state index in [0.717, 1.165) is 44.2 Å². The van der Waals surface area contributed by atoms with Crippen LogP contribution in [0.3, 0.4) is 0 Å². The maximum absolute atomic E-state index is 5.29. The monoisotopic (exact) mass is 584 g/mol. The summed E-state index contributed by atoms with van der Waals surface area (Å²) in [6.45, 7) is 0. The Morgan fingerprint density at radius 1 is 0.370 bits per heavy atom. The normalized spacial score (nSPS) is 11.5. The molecule has 0 aliphatic rings. The Kier molecular flexibility index (Phi) is 6.17. The van der Waals surface area contributed by atoms with Crippen molar-refractivity contribution in [2.24, 2.45) is 0 Å². The second-order valence-electron chi connectivity index (χ2n) is 11.7. The van der Waals surface area contributed by atoms with Gasteiger partial charge in [-0.1, -0.05) is 140 Å². The van der Waals surface area contributed by atoms with Crippen molar-refractivity contribution in [2.45, 2.75) is 0 Å². The Balaban J connectivity index is 1.30. The lowest BCUT2D eigenvalue weighted by molar-refractivity contribution is 1.33. The van der Waals surface area contributed by atoms with Crippen molar-refractivity contribution in [2.75, 3.05) is 0 Å². The first kappa shape index (κ1) is 26.3. The quantitative estimate of drug-likeness (QED) is 0.152. The van der Waals surface area contributed by atoms with Crippen LogP contribution >= 0.6 is 0 Å². The first-order valence-corrected chi connectivity index (χ1v) is 15.7. The van der Waals surface area contributed by atoms with Gasteiger partial charge in [0.25, 0.3) is 0 Å². The highest BCUT2D eigenvalue weighted by Gasteiger charge is 2.18. The molecule has 0 radical (unpaired) electrons. The van der Waals surface area contributed by atoms with Crippen LogP contribution in [0, 0.1) is 0 Å². The molecule has 7 aromatic carbocycles. The lowest BCUT2D eigenvalue weighted by atomic mass is 9.85. The minimum absolute atomic E-state index is 0.938. The van der Waals surface area contributed by atoms with E-state index in [1.54, 1.807) is 0 Å². The Morgan fingerprint density at radius 2 is 0.978 bits per heavy atom. The molecule has 2 aromatic heterocycles. The van der Waals surface area contributed by atoms with Crippen LogP contribution in [0.5, 0.6) is 0 Å². The SMILES string of the molecule is c1ccc(-c2c3ccccc3c(-c3ccccc3)c3cc(-c4cccc(-c5cccc6ccc7cccnc7c56)n4)ccc23)cc1. The van der Waals surface area contributed by atoms with E-state index in [4.69, 9.17) is 9.97 Å². The van der Waals surface area contributed by atoms with Gasteiger partial charge in [0.1, 0.15) is 0 Å². The van der Waals surface area contributed by atoms with E-state index < -0.39 is 0 Å². The van der Waals surface area contributed by atoms with Crippen molar-refractivity contribution in [1.82, 2.24) is 9.97 Å². The summed E-state index contributed by atoms with van der Waals surface area (Å²) in [5.41, 5.74) is 9.98. The third-order valence-corrected chi connectivity index (χ3v) is 9.08. The van der Waals surface area contributed by atoms with Gasteiger partial charge in [-0.15, -0.1) is 0 Å². The van der Waals surface area contributed by atoms with Gasteiger partial charge in [0, 0.05) is 28.1 Å². The average Bonchev–Trinajstić information content (AvgIpc) is 3.14. The molecule has 0 spiro atoms. The summed E-state index contributed by atoms with van der Waals surface area (Å²) >= 11 is 0. The lowest BCUT2D eigenvalue weighted by Gasteiger charge is -2.18. The van der Waals surface area contributed by atoms with Gasteiger partial charge < -0.3 is 0 Å². The Bertz CT molecular complexity index is 2570. The highest BCUT2D eigenvalue weighted by atomic mass is 14.7. The molecule has 0 fully saturated rings. The molecule has 0 aliphatic heterocycles. The first-order chi connectivity index (χ1) is 22.8. The summed E-state index contributed by atoms with van der Waals surface area (Å²) in [5, 5.41) is 8.37. The van der Waals surface area contributed by atoms with E-state index in [1.165, 1.54) is 43.8 Å². The Morgan fingerprint density at radius 3 is 1.74 bits per heavy atom. The Labute approximate surface area is 267 Å². The molecule has 0 amide bonds. The smallest absolute Gasteiger partial charge is 0.0787 e. The molecule has 2 heteroatoms. The molecule has 214 valence electrons. The molecule has 0 atom stereocenters. The van der Waals surface area contributed by atoms with E-state index in [9.17, 15) is 0 Å². The second-order valence-corrected chi connectivity index (χ2v) is 11.7. The van der Waals surface area contributed by atoms with E-state index in [2.05, 4.69) is 158 Å². The van der Waals surface area contributed by atoms with E-state index in [-0.39, 0.29) is 0 Å². The van der Waals surface area contributed by atoms with Gasteiger partial charge in [0.15, 0.2) is 0 Å². The molecule has 9 aromatic rings.